The summed E-state index contributed by atoms with van der Waals surface area (Å²) in [4.78, 5) is 0. The Morgan fingerprint density at radius 1 is 0.568 bits per heavy atom. The van der Waals surface area contributed by atoms with Crippen molar-refractivity contribution in [3.8, 4) is 0 Å². The van der Waals surface area contributed by atoms with Gasteiger partial charge in [0.15, 0.2) is 0 Å². The minimum atomic E-state index is -2.01. The van der Waals surface area contributed by atoms with Crippen LogP contribution in [0.2, 0.25) is 12.6 Å². The molecule has 6 aromatic carbocycles. The molecule has 0 N–H and O–H groups in total. The van der Waals surface area contributed by atoms with Crippen LogP contribution in [0.15, 0.2) is 97.1 Å². The molecule has 0 atom stereocenters. The molecule has 0 unspecified atom stereocenters. The molecule has 4 heteroatoms. The van der Waals surface area contributed by atoms with Crippen LogP contribution in [0.4, 0.5) is 0 Å². The Morgan fingerprint density at radius 2 is 1.03 bits per heavy atom. The average Bonchev–Trinajstić information content (AvgIpc) is 3.45. The van der Waals surface area contributed by atoms with Gasteiger partial charge < -0.3 is 24.8 Å². The summed E-state index contributed by atoms with van der Waals surface area (Å²) < 4.78 is 0. The van der Waals surface area contributed by atoms with Crippen molar-refractivity contribution in [2.75, 3.05) is 0 Å². The van der Waals surface area contributed by atoms with Crippen molar-refractivity contribution in [2.24, 2.45) is 0 Å². The minimum absolute atomic E-state index is 0. The molecular formula is C33H32Cl2HfSi. The average molecular weight is 706 g/mol. The molecule has 6 aromatic rings. The number of unbranched alkanes of at least 4 members (excludes halogenated alkanes) is 3. The summed E-state index contributed by atoms with van der Waals surface area (Å²) in [5, 5.41) is 14.5. The predicted molar refractivity (Wildman–Crippen MR) is 154 cm³/mol. The van der Waals surface area contributed by atoms with Crippen LogP contribution in [0.1, 0.15) is 32.6 Å². The number of hydrogen-bond donors (Lipinski definition) is 0. The standard InChI is InChI=1S/C33H32Si.2ClH.Hf/c1-3-4-5-10-21-34(2,32-19-11-17-28-26-15-8-6-13-24(26)22-30(28)32)33-20-12-18-29-27-16-9-7-14-25(27)23-31(29)33;;;/h6-9,11-20,22-23H,3-5,10,21H2,1-2H3;2*1H;/q-2;;;+4/p-2. The Morgan fingerprint density at radius 3 is 1.51 bits per heavy atom. The first-order chi connectivity index (χ1) is 16.7. The molecule has 0 aliphatic heterocycles. The fourth-order valence-electron chi connectivity index (χ4n) is 6.24. The summed E-state index contributed by atoms with van der Waals surface area (Å²) >= 11 is 0. The molecule has 0 aromatic heterocycles. The van der Waals surface area contributed by atoms with E-state index in [0.717, 1.165) is 0 Å². The van der Waals surface area contributed by atoms with Crippen molar-refractivity contribution < 1.29 is 50.7 Å². The SMILES string of the molecule is CCCCCC[Si](C)(c1cccc2c1[cH-]c1ccccc12)c1cccc2c1[cH-]c1ccccc12.[Cl-].[Cl-].[Hf+4]. The van der Waals surface area contributed by atoms with Gasteiger partial charge in [-0.25, -0.2) is 0 Å². The van der Waals surface area contributed by atoms with Gasteiger partial charge in [0.1, 0.15) is 0 Å². The molecule has 0 amide bonds. The van der Waals surface area contributed by atoms with E-state index in [1.165, 1.54) is 74.8 Å². The molecule has 186 valence electrons. The Labute approximate surface area is 252 Å². The quantitative estimate of drug-likeness (QED) is 0.136. The van der Waals surface area contributed by atoms with E-state index in [1.807, 2.05) is 0 Å². The second kappa shape index (κ2) is 12.4. The first-order valence-electron chi connectivity index (χ1n) is 12.9. The summed E-state index contributed by atoms with van der Waals surface area (Å²) in [7, 11) is -2.01. The monoisotopic (exact) mass is 706 g/mol. The summed E-state index contributed by atoms with van der Waals surface area (Å²) in [6.07, 6.45) is 5.26. The molecule has 0 aliphatic carbocycles. The van der Waals surface area contributed by atoms with Crippen molar-refractivity contribution in [2.45, 2.75) is 45.2 Å². The van der Waals surface area contributed by atoms with Gasteiger partial charge in [-0.05, 0) is 0 Å². The largest absolute Gasteiger partial charge is 4.00 e. The van der Waals surface area contributed by atoms with E-state index in [1.54, 1.807) is 10.4 Å². The van der Waals surface area contributed by atoms with Gasteiger partial charge in [0.25, 0.3) is 0 Å². The van der Waals surface area contributed by atoms with Gasteiger partial charge in [0, 0.05) is 8.07 Å². The maximum Gasteiger partial charge on any atom is 4.00 e. The third-order valence-corrected chi connectivity index (χ3v) is 12.6. The Bertz CT molecular complexity index is 1510. The molecule has 0 aliphatic rings. The third-order valence-electron chi connectivity index (χ3n) is 8.03. The van der Waals surface area contributed by atoms with Gasteiger partial charge in [-0.2, -0.15) is 0 Å². The van der Waals surface area contributed by atoms with Crippen molar-refractivity contribution in [1.82, 2.24) is 0 Å². The number of rotatable bonds is 7. The van der Waals surface area contributed by atoms with Crippen LogP contribution in [-0.2, 0) is 25.8 Å². The Kier molecular flexibility index (Phi) is 10.0. The van der Waals surface area contributed by atoms with Crippen LogP contribution in [0.3, 0.4) is 0 Å². The van der Waals surface area contributed by atoms with Gasteiger partial charge >= 0.3 is 25.8 Å². The van der Waals surface area contributed by atoms with Crippen LogP contribution in [0, 0.1) is 0 Å². The first-order valence-corrected chi connectivity index (χ1v) is 15.6. The van der Waals surface area contributed by atoms with Gasteiger partial charge in [0.05, 0.1) is 0 Å². The van der Waals surface area contributed by atoms with Crippen LogP contribution in [0.5, 0.6) is 0 Å². The molecule has 0 bridgehead atoms. The van der Waals surface area contributed by atoms with Crippen LogP contribution in [-0.4, -0.2) is 8.07 Å². The molecule has 0 saturated heterocycles. The molecule has 6 rings (SSSR count). The summed E-state index contributed by atoms with van der Waals surface area (Å²) in [6.45, 7) is 4.95. The molecule has 37 heavy (non-hydrogen) atoms. The second-order valence-electron chi connectivity index (χ2n) is 10.1. The van der Waals surface area contributed by atoms with Crippen molar-refractivity contribution in [1.29, 1.82) is 0 Å². The predicted octanol–water partition coefficient (Wildman–Crippen LogP) is 2.52. The van der Waals surface area contributed by atoms with Crippen molar-refractivity contribution in [3.63, 3.8) is 0 Å². The number of halogens is 2. The van der Waals surface area contributed by atoms with Gasteiger partial charge in [0.2, 0.25) is 0 Å². The summed E-state index contributed by atoms with van der Waals surface area (Å²) in [6, 6.07) is 38.2. The number of hydrogen-bond acceptors (Lipinski definition) is 0. The normalized spacial score (nSPS) is 11.4. The second-order valence-corrected chi connectivity index (χ2v) is 14.4. The summed E-state index contributed by atoms with van der Waals surface area (Å²) in [5.74, 6) is 0. The van der Waals surface area contributed by atoms with Gasteiger partial charge in [-0.15, -0.1) is 77.7 Å². The van der Waals surface area contributed by atoms with E-state index < -0.39 is 8.07 Å². The van der Waals surface area contributed by atoms with E-state index in [4.69, 9.17) is 0 Å². The van der Waals surface area contributed by atoms with E-state index >= 15 is 0 Å². The zero-order chi connectivity index (χ0) is 23.1. The molecule has 0 fully saturated rings. The molecular weight excluding hydrogens is 674 g/mol. The molecule has 0 saturated carbocycles. The number of benzene rings is 4. The maximum absolute atomic E-state index is 2.64. The fraction of sp³-hybridized carbons (Fsp3) is 0.212. The van der Waals surface area contributed by atoms with Crippen molar-refractivity contribution >= 4 is 61.5 Å². The molecule has 0 radical (unpaired) electrons. The smallest absolute Gasteiger partial charge is 1.00 e. The van der Waals surface area contributed by atoms with E-state index in [2.05, 4.69) is 111 Å². The summed E-state index contributed by atoms with van der Waals surface area (Å²) in [5.41, 5.74) is 0. The molecule has 0 spiro atoms. The fourth-order valence-corrected chi connectivity index (χ4v) is 10.6. The zero-order valence-electron chi connectivity index (χ0n) is 21.5. The van der Waals surface area contributed by atoms with Gasteiger partial charge in [-0.1, -0.05) is 118 Å². The Balaban J connectivity index is 0.00000127. The van der Waals surface area contributed by atoms with Crippen molar-refractivity contribution in [3.05, 3.63) is 97.1 Å². The topological polar surface area (TPSA) is 0 Å². The van der Waals surface area contributed by atoms with E-state index in [9.17, 15) is 0 Å². The Hall–Kier alpha value is -1.71. The van der Waals surface area contributed by atoms with Crippen LogP contribution in [0.25, 0.3) is 43.1 Å². The van der Waals surface area contributed by atoms with Crippen LogP contribution >= 0.6 is 0 Å². The van der Waals surface area contributed by atoms with Crippen LogP contribution < -0.4 is 35.2 Å². The maximum atomic E-state index is 2.64. The molecule has 0 nitrogen and oxygen atoms in total. The number of fused-ring (bicyclic) bond motifs is 6. The first kappa shape index (κ1) is 29.8. The van der Waals surface area contributed by atoms with E-state index in [0.29, 0.717) is 0 Å². The van der Waals surface area contributed by atoms with Gasteiger partial charge in [-0.3, -0.25) is 0 Å². The zero-order valence-corrected chi connectivity index (χ0v) is 27.6. The minimum Gasteiger partial charge on any atom is -1.00 e. The van der Waals surface area contributed by atoms with E-state index in [-0.39, 0.29) is 50.7 Å². The molecule has 0 heterocycles. The third kappa shape index (κ3) is 5.15.